The van der Waals surface area contributed by atoms with Crippen molar-refractivity contribution in [3.63, 3.8) is 0 Å². The Hall–Kier alpha value is -2.05. The van der Waals surface area contributed by atoms with Gasteiger partial charge in [0.15, 0.2) is 5.96 Å². The molecule has 0 radical (unpaired) electrons. The normalized spacial score (nSPS) is 21.7. The molecule has 2 aromatic rings. The molecule has 29 heavy (non-hydrogen) atoms. The average molecular weight is 415 g/mol. The van der Waals surface area contributed by atoms with Crippen LogP contribution in [0.1, 0.15) is 42.3 Å². The van der Waals surface area contributed by atoms with Gasteiger partial charge in [-0.1, -0.05) is 23.7 Å². The number of aromatic nitrogens is 2. The third-order valence-electron chi connectivity index (χ3n) is 6.16. The van der Waals surface area contributed by atoms with E-state index in [0.717, 1.165) is 50.1 Å². The molecule has 1 N–H and O–H groups in total. The van der Waals surface area contributed by atoms with Gasteiger partial charge < -0.3 is 10.2 Å². The molecule has 2 atom stereocenters. The Bertz CT molecular complexity index is 841. The van der Waals surface area contributed by atoms with E-state index < -0.39 is 0 Å². The molecule has 7 heteroatoms. The fraction of sp³-hybridized carbons (Fsp3) is 0.545. The maximum absolute atomic E-state index is 6.29. The van der Waals surface area contributed by atoms with E-state index >= 15 is 0 Å². The number of hydrogen-bond donors (Lipinski definition) is 1. The van der Waals surface area contributed by atoms with Crippen LogP contribution in [0.25, 0.3) is 0 Å². The summed E-state index contributed by atoms with van der Waals surface area (Å²) in [5, 5.41) is 8.79. The van der Waals surface area contributed by atoms with Gasteiger partial charge in [-0.25, -0.2) is 0 Å². The van der Waals surface area contributed by atoms with Crippen molar-refractivity contribution in [1.82, 2.24) is 24.9 Å². The summed E-state index contributed by atoms with van der Waals surface area (Å²) in [5.74, 6) is 1.51. The van der Waals surface area contributed by atoms with E-state index in [1.165, 1.54) is 24.0 Å². The number of guanidine groups is 1. The first-order valence-corrected chi connectivity index (χ1v) is 11.0. The van der Waals surface area contributed by atoms with E-state index in [1.807, 2.05) is 31.0 Å². The lowest BCUT2D eigenvalue weighted by atomic mass is 10.0. The summed E-state index contributed by atoms with van der Waals surface area (Å²) >= 11 is 6.29. The Labute approximate surface area is 178 Å². The second kappa shape index (κ2) is 9.18. The quantitative estimate of drug-likeness (QED) is 0.602. The lowest BCUT2D eigenvalue weighted by Crippen LogP contribution is -2.44. The Balaban J connectivity index is 1.42. The molecular formula is C22H31ClN6. The lowest BCUT2D eigenvalue weighted by molar-refractivity contribution is 0.244. The highest BCUT2D eigenvalue weighted by atomic mass is 35.5. The monoisotopic (exact) mass is 414 g/mol. The first-order chi connectivity index (χ1) is 14.1. The predicted molar refractivity (Wildman–Crippen MR) is 119 cm³/mol. The summed E-state index contributed by atoms with van der Waals surface area (Å²) in [6.45, 7) is 5.12. The zero-order valence-electron chi connectivity index (χ0n) is 17.4. The van der Waals surface area contributed by atoms with Crippen molar-refractivity contribution in [2.45, 2.75) is 31.2 Å². The van der Waals surface area contributed by atoms with Crippen LogP contribution in [0.5, 0.6) is 0 Å². The first kappa shape index (κ1) is 20.2. The van der Waals surface area contributed by atoms with Crippen LogP contribution in [0.3, 0.4) is 0 Å². The molecule has 1 aromatic carbocycles. The van der Waals surface area contributed by atoms with Crippen molar-refractivity contribution in [1.29, 1.82) is 0 Å². The van der Waals surface area contributed by atoms with Gasteiger partial charge in [-0.05, 0) is 55.6 Å². The van der Waals surface area contributed by atoms with Crippen molar-refractivity contribution < 1.29 is 0 Å². The van der Waals surface area contributed by atoms with Gasteiger partial charge in [0, 0.05) is 50.9 Å². The highest BCUT2D eigenvalue weighted by Gasteiger charge is 2.28. The summed E-state index contributed by atoms with van der Waals surface area (Å²) in [6, 6.07) is 8.59. The smallest absolute Gasteiger partial charge is 0.193 e. The van der Waals surface area contributed by atoms with Crippen LogP contribution < -0.4 is 5.32 Å². The fourth-order valence-corrected chi connectivity index (χ4v) is 4.82. The van der Waals surface area contributed by atoms with Crippen molar-refractivity contribution in [3.05, 3.63) is 52.8 Å². The van der Waals surface area contributed by atoms with E-state index in [0.29, 0.717) is 12.0 Å². The number of aliphatic imine (C=N–C) groups is 1. The molecular weight excluding hydrogens is 384 g/mol. The van der Waals surface area contributed by atoms with Gasteiger partial charge in [0.1, 0.15) is 0 Å². The lowest BCUT2D eigenvalue weighted by Gasteiger charge is -2.30. The first-order valence-electron chi connectivity index (χ1n) is 10.6. The number of aryl methyl sites for hydroxylation is 1. The van der Waals surface area contributed by atoms with Crippen LogP contribution in [0.2, 0.25) is 5.02 Å². The number of likely N-dealkylation sites (tertiary alicyclic amines) is 2. The molecule has 2 aliphatic rings. The summed E-state index contributed by atoms with van der Waals surface area (Å²) in [4.78, 5) is 9.51. The van der Waals surface area contributed by atoms with Gasteiger partial charge in [-0.15, -0.1) is 0 Å². The van der Waals surface area contributed by atoms with E-state index in [9.17, 15) is 0 Å². The SMILES string of the molecule is CN=C(NCC(c1cccc(Cl)c1)N1CCCC1)N1CCC(c2cnn(C)c2)C1. The summed E-state index contributed by atoms with van der Waals surface area (Å²) in [5.41, 5.74) is 2.59. The van der Waals surface area contributed by atoms with Gasteiger partial charge >= 0.3 is 0 Å². The molecule has 0 bridgehead atoms. The minimum absolute atomic E-state index is 0.310. The average Bonchev–Trinajstić information content (AvgIpc) is 3.47. The van der Waals surface area contributed by atoms with Crippen LogP contribution >= 0.6 is 11.6 Å². The molecule has 0 saturated carbocycles. The number of rotatable bonds is 5. The molecule has 2 unspecified atom stereocenters. The predicted octanol–water partition coefficient (Wildman–Crippen LogP) is 3.28. The second-order valence-corrected chi connectivity index (χ2v) is 8.56. The molecule has 4 rings (SSSR count). The topological polar surface area (TPSA) is 48.7 Å². The van der Waals surface area contributed by atoms with Crippen LogP contribution in [0.15, 0.2) is 41.7 Å². The summed E-state index contributed by atoms with van der Waals surface area (Å²) < 4.78 is 1.89. The van der Waals surface area contributed by atoms with Crippen molar-refractivity contribution >= 4 is 17.6 Å². The van der Waals surface area contributed by atoms with Crippen LogP contribution in [-0.2, 0) is 7.05 Å². The van der Waals surface area contributed by atoms with Gasteiger partial charge in [0.05, 0.1) is 12.2 Å². The molecule has 0 spiro atoms. The largest absolute Gasteiger partial charge is 0.354 e. The fourth-order valence-electron chi connectivity index (χ4n) is 4.62. The third kappa shape index (κ3) is 4.75. The van der Waals surface area contributed by atoms with Crippen molar-refractivity contribution in [2.24, 2.45) is 12.0 Å². The molecule has 156 valence electrons. The maximum atomic E-state index is 6.29. The van der Waals surface area contributed by atoms with Crippen molar-refractivity contribution in [3.8, 4) is 0 Å². The van der Waals surface area contributed by atoms with Gasteiger partial charge in [-0.2, -0.15) is 5.10 Å². The highest BCUT2D eigenvalue weighted by Crippen LogP contribution is 2.28. The zero-order valence-corrected chi connectivity index (χ0v) is 18.1. The molecule has 0 amide bonds. The van der Waals surface area contributed by atoms with Crippen LogP contribution in [0, 0.1) is 0 Å². The maximum Gasteiger partial charge on any atom is 0.193 e. The van der Waals surface area contributed by atoms with Gasteiger partial charge in [-0.3, -0.25) is 14.6 Å². The zero-order chi connectivity index (χ0) is 20.2. The molecule has 3 heterocycles. The molecule has 6 nitrogen and oxygen atoms in total. The Kier molecular flexibility index (Phi) is 6.40. The molecule has 0 aliphatic carbocycles. The minimum Gasteiger partial charge on any atom is -0.354 e. The number of halogens is 1. The van der Waals surface area contributed by atoms with E-state index in [4.69, 9.17) is 11.6 Å². The molecule has 2 fully saturated rings. The van der Waals surface area contributed by atoms with Gasteiger partial charge in [0.2, 0.25) is 0 Å². The number of benzene rings is 1. The number of nitrogens with one attached hydrogen (secondary N) is 1. The van der Waals surface area contributed by atoms with Gasteiger partial charge in [0.25, 0.3) is 0 Å². The summed E-state index contributed by atoms with van der Waals surface area (Å²) in [6.07, 6.45) is 7.80. The molecule has 1 aromatic heterocycles. The van der Waals surface area contributed by atoms with Crippen molar-refractivity contribution in [2.75, 3.05) is 39.8 Å². The van der Waals surface area contributed by atoms with E-state index in [-0.39, 0.29) is 0 Å². The van der Waals surface area contributed by atoms with E-state index in [1.54, 1.807) is 0 Å². The van der Waals surface area contributed by atoms with Crippen LogP contribution in [-0.4, -0.2) is 65.3 Å². The number of hydrogen-bond acceptors (Lipinski definition) is 3. The third-order valence-corrected chi connectivity index (χ3v) is 6.40. The Morgan fingerprint density at radius 2 is 2.14 bits per heavy atom. The summed E-state index contributed by atoms with van der Waals surface area (Å²) in [7, 11) is 3.86. The number of nitrogens with zero attached hydrogens (tertiary/aromatic N) is 5. The second-order valence-electron chi connectivity index (χ2n) is 8.12. The highest BCUT2D eigenvalue weighted by molar-refractivity contribution is 6.30. The molecule has 2 aliphatic heterocycles. The Morgan fingerprint density at radius 1 is 1.31 bits per heavy atom. The molecule has 2 saturated heterocycles. The Morgan fingerprint density at radius 3 is 2.83 bits per heavy atom. The van der Waals surface area contributed by atoms with E-state index in [2.05, 4.69) is 49.6 Å². The minimum atomic E-state index is 0.310. The standard InChI is InChI=1S/C22H31ClN6/c1-24-22(29-11-8-18(16-29)19-13-26-27(2)15-19)25-14-21(28-9-3-4-10-28)17-6-5-7-20(23)12-17/h5-7,12-13,15,18,21H,3-4,8-11,14,16H2,1-2H3,(H,24,25). The van der Waals surface area contributed by atoms with Crippen LogP contribution in [0.4, 0.5) is 0 Å².